The van der Waals surface area contributed by atoms with Crippen molar-refractivity contribution in [1.29, 1.82) is 0 Å². The molecular formula is C11H15ClO4S2. The molecule has 18 heavy (non-hydrogen) atoms. The zero-order chi connectivity index (χ0) is 14.1. The van der Waals surface area contributed by atoms with Gasteiger partial charge in [-0.2, -0.15) is 0 Å². The van der Waals surface area contributed by atoms with E-state index in [9.17, 15) is 13.2 Å². The van der Waals surface area contributed by atoms with Gasteiger partial charge in [0, 0.05) is 16.1 Å². The summed E-state index contributed by atoms with van der Waals surface area (Å²) in [4.78, 5) is 11.9. The summed E-state index contributed by atoms with van der Waals surface area (Å²) in [7, 11) is 1.46. The maximum atomic E-state index is 11.9. The van der Waals surface area contributed by atoms with Crippen molar-refractivity contribution in [2.75, 3.05) is 0 Å². The Labute approximate surface area is 115 Å². The lowest BCUT2D eigenvalue weighted by Gasteiger charge is -2.16. The van der Waals surface area contributed by atoms with Crippen molar-refractivity contribution in [1.82, 2.24) is 0 Å². The molecule has 0 aliphatic heterocycles. The number of esters is 1. The Morgan fingerprint density at radius 2 is 1.94 bits per heavy atom. The summed E-state index contributed by atoms with van der Waals surface area (Å²) in [5.41, 5.74) is 0.600. The van der Waals surface area contributed by atoms with Gasteiger partial charge in [0.2, 0.25) is 0 Å². The summed E-state index contributed by atoms with van der Waals surface area (Å²) in [6.07, 6.45) is -0.229. The maximum Gasteiger partial charge on any atom is 0.339 e. The fourth-order valence-electron chi connectivity index (χ4n) is 1.21. The Morgan fingerprint density at radius 3 is 2.33 bits per heavy atom. The molecule has 0 fully saturated rings. The summed E-state index contributed by atoms with van der Waals surface area (Å²) in [6.45, 7) is 7.21. The molecule has 1 rings (SSSR count). The molecule has 0 N–H and O–H groups in total. The Hall–Kier alpha value is -0.590. The number of ether oxygens (including phenoxy) is 1. The van der Waals surface area contributed by atoms with Crippen LogP contribution < -0.4 is 0 Å². The Morgan fingerprint density at radius 1 is 1.39 bits per heavy atom. The van der Waals surface area contributed by atoms with Crippen molar-refractivity contribution >= 4 is 37.0 Å². The first kappa shape index (κ1) is 15.5. The highest BCUT2D eigenvalue weighted by atomic mass is 35.7. The predicted octanol–water partition coefficient (Wildman–Crippen LogP) is 3.19. The molecule has 1 aromatic rings. The van der Waals surface area contributed by atoms with Gasteiger partial charge in [0.05, 0.1) is 5.56 Å². The molecule has 7 heteroatoms. The molecular weight excluding hydrogens is 296 g/mol. The minimum atomic E-state index is -3.81. The zero-order valence-electron chi connectivity index (χ0n) is 10.6. The standard InChI is InChI=1S/C11H15ClO4S2/c1-6(2)8(4)16-10(13)9-5-17-11(7(9)3)18(12,14)15/h5-6,8H,1-4H3. The molecule has 0 spiro atoms. The van der Waals surface area contributed by atoms with Crippen LogP contribution >= 0.6 is 22.0 Å². The van der Waals surface area contributed by atoms with Crippen LogP contribution in [0.2, 0.25) is 0 Å². The van der Waals surface area contributed by atoms with Crippen molar-refractivity contribution in [2.24, 2.45) is 5.92 Å². The lowest BCUT2D eigenvalue weighted by Crippen LogP contribution is -2.20. The second-order valence-corrected chi connectivity index (χ2v) is 7.99. The molecule has 0 saturated carbocycles. The number of hydrogen-bond donors (Lipinski definition) is 0. The van der Waals surface area contributed by atoms with Gasteiger partial charge in [-0.15, -0.1) is 11.3 Å². The van der Waals surface area contributed by atoms with Crippen LogP contribution in [0.3, 0.4) is 0 Å². The number of carbonyl (C=O) groups excluding carboxylic acids is 1. The average molecular weight is 311 g/mol. The van der Waals surface area contributed by atoms with Gasteiger partial charge < -0.3 is 4.74 Å². The molecule has 0 radical (unpaired) electrons. The van der Waals surface area contributed by atoms with E-state index in [0.717, 1.165) is 11.3 Å². The van der Waals surface area contributed by atoms with E-state index in [2.05, 4.69) is 0 Å². The van der Waals surface area contributed by atoms with Gasteiger partial charge in [-0.3, -0.25) is 0 Å². The van der Waals surface area contributed by atoms with Gasteiger partial charge in [-0.1, -0.05) is 13.8 Å². The molecule has 102 valence electrons. The highest BCUT2D eigenvalue weighted by Gasteiger charge is 2.24. The number of hydrogen-bond acceptors (Lipinski definition) is 5. The van der Waals surface area contributed by atoms with Gasteiger partial charge in [0.1, 0.15) is 10.3 Å². The zero-order valence-corrected chi connectivity index (χ0v) is 12.9. The summed E-state index contributed by atoms with van der Waals surface area (Å²) in [5.74, 6) is -0.319. The van der Waals surface area contributed by atoms with E-state index in [0.29, 0.717) is 5.56 Å². The van der Waals surface area contributed by atoms with E-state index in [1.807, 2.05) is 13.8 Å². The Balaban J connectivity index is 2.99. The third kappa shape index (κ3) is 3.46. The largest absolute Gasteiger partial charge is 0.459 e. The molecule has 0 saturated heterocycles. The molecule has 0 aliphatic carbocycles. The topological polar surface area (TPSA) is 60.4 Å². The monoisotopic (exact) mass is 310 g/mol. The second-order valence-electron chi connectivity index (χ2n) is 4.35. The van der Waals surface area contributed by atoms with Gasteiger partial charge in [-0.05, 0) is 25.3 Å². The first-order valence-electron chi connectivity index (χ1n) is 5.38. The minimum Gasteiger partial charge on any atom is -0.459 e. The number of carbonyl (C=O) groups is 1. The highest BCUT2D eigenvalue weighted by molar-refractivity contribution is 8.15. The van der Waals surface area contributed by atoms with Crippen LogP contribution in [0.5, 0.6) is 0 Å². The van der Waals surface area contributed by atoms with Gasteiger partial charge in [0.15, 0.2) is 0 Å². The number of rotatable bonds is 4. The average Bonchev–Trinajstić information content (AvgIpc) is 2.59. The minimum absolute atomic E-state index is 0.00619. The van der Waals surface area contributed by atoms with E-state index in [1.165, 1.54) is 5.38 Å². The molecule has 1 unspecified atom stereocenters. The van der Waals surface area contributed by atoms with Crippen LogP contribution in [0, 0.1) is 12.8 Å². The van der Waals surface area contributed by atoms with E-state index >= 15 is 0 Å². The summed E-state index contributed by atoms with van der Waals surface area (Å²) >= 11 is 0.926. The summed E-state index contributed by atoms with van der Waals surface area (Å²) < 4.78 is 27.7. The molecule has 4 nitrogen and oxygen atoms in total. The smallest absolute Gasteiger partial charge is 0.339 e. The van der Waals surface area contributed by atoms with Gasteiger partial charge >= 0.3 is 5.97 Å². The summed E-state index contributed by atoms with van der Waals surface area (Å²) in [6, 6.07) is 0. The SMILES string of the molecule is Cc1c(C(=O)OC(C)C(C)C)csc1S(=O)(=O)Cl. The van der Waals surface area contributed by atoms with Crippen molar-refractivity contribution in [2.45, 2.75) is 38.0 Å². The van der Waals surface area contributed by atoms with Crippen LogP contribution in [-0.2, 0) is 13.8 Å². The van der Waals surface area contributed by atoms with Gasteiger partial charge in [0.25, 0.3) is 9.05 Å². The van der Waals surface area contributed by atoms with Gasteiger partial charge in [-0.25, -0.2) is 13.2 Å². The van der Waals surface area contributed by atoms with Crippen LogP contribution in [0.1, 0.15) is 36.7 Å². The molecule has 0 amide bonds. The summed E-state index contributed by atoms with van der Waals surface area (Å²) in [5, 5.41) is 1.46. The van der Waals surface area contributed by atoms with Crippen LogP contribution in [0.4, 0.5) is 0 Å². The quantitative estimate of drug-likeness (QED) is 0.633. The highest BCUT2D eigenvalue weighted by Crippen LogP contribution is 2.30. The number of thiophene rings is 1. The first-order valence-corrected chi connectivity index (χ1v) is 8.57. The van der Waals surface area contributed by atoms with Crippen molar-refractivity contribution in [3.05, 3.63) is 16.5 Å². The van der Waals surface area contributed by atoms with Crippen LogP contribution in [0.25, 0.3) is 0 Å². The van der Waals surface area contributed by atoms with E-state index in [4.69, 9.17) is 15.4 Å². The Kier molecular flexibility index (Phi) is 4.80. The fourth-order valence-corrected chi connectivity index (χ4v) is 3.75. The van der Waals surface area contributed by atoms with Crippen LogP contribution in [-0.4, -0.2) is 20.5 Å². The number of halogens is 1. The molecule has 1 heterocycles. The third-order valence-electron chi connectivity index (χ3n) is 2.67. The third-order valence-corrected chi connectivity index (χ3v) is 5.97. The lowest BCUT2D eigenvalue weighted by molar-refractivity contribution is 0.0237. The Bertz CT molecular complexity index is 545. The van der Waals surface area contributed by atoms with Crippen LogP contribution in [0.15, 0.2) is 9.59 Å². The van der Waals surface area contributed by atoms with Crippen molar-refractivity contribution in [3.8, 4) is 0 Å². The van der Waals surface area contributed by atoms with E-state index in [1.54, 1.807) is 13.8 Å². The lowest BCUT2D eigenvalue weighted by atomic mass is 10.1. The molecule has 0 aromatic carbocycles. The van der Waals surface area contributed by atoms with E-state index < -0.39 is 15.0 Å². The fraction of sp³-hybridized carbons (Fsp3) is 0.545. The molecule has 0 aliphatic rings. The second kappa shape index (κ2) is 5.59. The first-order chi connectivity index (χ1) is 8.14. The normalized spacial score (nSPS) is 13.7. The predicted molar refractivity (Wildman–Crippen MR) is 71.8 cm³/mol. The molecule has 0 bridgehead atoms. The van der Waals surface area contributed by atoms with Crippen molar-refractivity contribution < 1.29 is 17.9 Å². The van der Waals surface area contributed by atoms with Crippen molar-refractivity contribution in [3.63, 3.8) is 0 Å². The molecule has 1 aromatic heterocycles. The maximum absolute atomic E-state index is 11.9. The van der Waals surface area contributed by atoms with E-state index in [-0.39, 0.29) is 21.8 Å². The molecule has 1 atom stereocenters.